The Morgan fingerprint density at radius 3 is 2.42 bits per heavy atom. The number of urea groups is 1. The van der Waals surface area contributed by atoms with Crippen LogP contribution in [-0.4, -0.2) is 38.9 Å². The molecule has 0 atom stereocenters. The standard InChI is InChI=1S/C30H28F3N7O3/c31-30(32,33)43-26-9-5-4-8-24(26)18-34-29(42)40(25-16-14-22(15-17-25)21-6-2-1-3-7-21)19-20-10-12-23(13-11-20)27(41)35-28-36-38-39-37-28/h4-6,8-17H,1-3,7,18-19H2,(H,34,42)(H2,35,36,37,38,39,41). The molecule has 10 nitrogen and oxygen atoms in total. The van der Waals surface area contributed by atoms with E-state index in [2.05, 4.69) is 42.1 Å². The van der Waals surface area contributed by atoms with Crippen LogP contribution in [0.1, 0.15) is 52.7 Å². The molecule has 3 aromatic carbocycles. The summed E-state index contributed by atoms with van der Waals surface area (Å²) >= 11 is 0. The Hall–Kier alpha value is -5.20. The van der Waals surface area contributed by atoms with Gasteiger partial charge < -0.3 is 10.1 Å². The lowest BCUT2D eigenvalue weighted by Gasteiger charge is -2.24. The lowest BCUT2D eigenvalue weighted by molar-refractivity contribution is -0.274. The van der Waals surface area contributed by atoms with Gasteiger partial charge in [-0.05, 0) is 77.9 Å². The number of alkyl halides is 3. The van der Waals surface area contributed by atoms with Crippen molar-refractivity contribution >= 4 is 29.1 Å². The molecule has 4 aromatic rings. The van der Waals surface area contributed by atoms with Gasteiger partial charge in [0.1, 0.15) is 5.75 Å². The van der Waals surface area contributed by atoms with Gasteiger partial charge in [-0.3, -0.25) is 15.0 Å². The summed E-state index contributed by atoms with van der Waals surface area (Å²) in [6, 6.07) is 19.4. The monoisotopic (exact) mass is 591 g/mol. The summed E-state index contributed by atoms with van der Waals surface area (Å²) in [5, 5.41) is 18.3. The van der Waals surface area contributed by atoms with E-state index >= 15 is 0 Å². The number of allylic oxidation sites excluding steroid dienone is 2. The zero-order chi connectivity index (χ0) is 30.2. The molecule has 0 bridgehead atoms. The maximum Gasteiger partial charge on any atom is 0.573 e. The number of nitrogens with zero attached hydrogens (tertiary/aromatic N) is 4. The first-order valence-electron chi connectivity index (χ1n) is 13.6. The van der Waals surface area contributed by atoms with E-state index < -0.39 is 18.3 Å². The first-order valence-corrected chi connectivity index (χ1v) is 13.6. The van der Waals surface area contributed by atoms with Crippen LogP contribution in [-0.2, 0) is 13.1 Å². The normalized spacial score (nSPS) is 13.1. The Bertz CT molecular complexity index is 1570. The predicted octanol–water partition coefficient (Wildman–Crippen LogP) is 6.22. The molecule has 43 heavy (non-hydrogen) atoms. The van der Waals surface area contributed by atoms with Crippen LogP contribution in [0.15, 0.2) is 78.9 Å². The van der Waals surface area contributed by atoms with Crippen molar-refractivity contribution < 1.29 is 27.5 Å². The van der Waals surface area contributed by atoms with Crippen LogP contribution in [0.5, 0.6) is 5.75 Å². The molecule has 3 amide bonds. The highest BCUT2D eigenvalue weighted by Crippen LogP contribution is 2.29. The van der Waals surface area contributed by atoms with E-state index in [9.17, 15) is 22.8 Å². The molecule has 13 heteroatoms. The molecule has 1 aromatic heterocycles. The third-order valence-electron chi connectivity index (χ3n) is 6.84. The number of nitrogens with one attached hydrogen (secondary N) is 3. The van der Waals surface area contributed by atoms with E-state index in [4.69, 9.17) is 0 Å². The van der Waals surface area contributed by atoms with Gasteiger partial charge in [0.15, 0.2) is 0 Å². The number of amides is 3. The van der Waals surface area contributed by atoms with Gasteiger partial charge in [-0.1, -0.05) is 53.6 Å². The van der Waals surface area contributed by atoms with E-state index in [0.717, 1.165) is 24.8 Å². The van der Waals surface area contributed by atoms with Crippen molar-refractivity contribution in [2.24, 2.45) is 0 Å². The fourth-order valence-corrected chi connectivity index (χ4v) is 4.71. The zero-order valence-electron chi connectivity index (χ0n) is 22.9. The molecular formula is C30H28F3N7O3. The second-order valence-corrected chi connectivity index (χ2v) is 9.81. The summed E-state index contributed by atoms with van der Waals surface area (Å²) in [5.41, 5.74) is 4.17. The van der Waals surface area contributed by atoms with E-state index in [-0.39, 0.29) is 30.4 Å². The quantitative estimate of drug-likeness (QED) is 0.212. The van der Waals surface area contributed by atoms with Gasteiger partial charge in [0, 0.05) is 23.4 Å². The smallest absolute Gasteiger partial charge is 0.405 e. The second-order valence-electron chi connectivity index (χ2n) is 9.81. The fourth-order valence-electron chi connectivity index (χ4n) is 4.71. The van der Waals surface area contributed by atoms with Crippen molar-refractivity contribution in [3.8, 4) is 5.75 Å². The first kappa shape index (κ1) is 29.3. The van der Waals surface area contributed by atoms with Gasteiger partial charge in [-0.15, -0.1) is 18.3 Å². The van der Waals surface area contributed by atoms with E-state index in [1.54, 1.807) is 30.3 Å². The zero-order valence-corrected chi connectivity index (χ0v) is 22.9. The van der Waals surface area contributed by atoms with Crippen LogP contribution in [0.3, 0.4) is 0 Å². The molecule has 1 aliphatic carbocycles. The number of aromatic amines is 1. The number of aromatic nitrogens is 4. The minimum absolute atomic E-state index is 0.0339. The van der Waals surface area contributed by atoms with Crippen molar-refractivity contribution in [2.45, 2.75) is 45.1 Å². The molecule has 0 spiro atoms. The average molecular weight is 592 g/mol. The molecular weight excluding hydrogens is 563 g/mol. The van der Waals surface area contributed by atoms with Gasteiger partial charge in [-0.25, -0.2) is 4.79 Å². The van der Waals surface area contributed by atoms with E-state index in [1.165, 1.54) is 35.1 Å². The number of benzene rings is 3. The number of hydrogen-bond donors (Lipinski definition) is 3. The SMILES string of the molecule is O=C(Nc1nn[nH]n1)c1ccc(CN(C(=O)NCc2ccccc2OC(F)(F)F)c2ccc(C3=CCCCC3)cc2)cc1. The average Bonchev–Trinajstić information content (AvgIpc) is 3.52. The number of anilines is 2. The summed E-state index contributed by atoms with van der Waals surface area (Å²) in [6.45, 7) is -0.0664. The van der Waals surface area contributed by atoms with Crippen molar-refractivity contribution in [2.75, 3.05) is 10.2 Å². The number of hydrogen-bond acceptors (Lipinski definition) is 6. The molecule has 0 radical (unpaired) electrons. The van der Waals surface area contributed by atoms with Crippen molar-refractivity contribution in [3.63, 3.8) is 0 Å². The summed E-state index contributed by atoms with van der Waals surface area (Å²) in [6.07, 6.45) is 1.70. The Morgan fingerprint density at radius 2 is 1.74 bits per heavy atom. The number of tetrazole rings is 1. The number of halogens is 3. The third kappa shape index (κ3) is 7.97. The highest BCUT2D eigenvalue weighted by molar-refractivity contribution is 6.03. The van der Waals surface area contributed by atoms with E-state index in [0.29, 0.717) is 16.8 Å². The largest absolute Gasteiger partial charge is 0.573 e. The van der Waals surface area contributed by atoms with Crippen LogP contribution < -0.4 is 20.3 Å². The van der Waals surface area contributed by atoms with Crippen molar-refractivity contribution in [3.05, 3.63) is 101 Å². The maximum absolute atomic E-state index is 13.5. The molecule has 222 valence electrons. The van der Waals surface area contributed by atoms with Crippen LogP contribution >= 0.6 is 0 Å². The summed E-state index contributed by atoms with van der Waals surface area (Å²) < 4.78 is 42.8. The minimum atomic E-state index is -4.86. The van der Waals surface area contributed by atoms with Gasteiger partial charge in [0.05, 0.1) is 6.54 Å². The molecule has 1 aliphatic rings. The lowest BCUT2D eigenvalue weighted by atomic mass is 9.93. The molecule has 0 aliphatic heterocycles. The molecule has 0 saturated carbocycles. The third-order valence-corrected chi connectivity index (χ3v) is 6.84. The Morgan fingerprint density at radius 1 is 0.977 bits per heavy atom. The van der Waals surface area contributed by atoms with Crippen LogP contribution in [0.25, 0.3) is 5.57 Å². The Kier molecular flexibility index (Phi) is 8.99. The van der Waals surface area contributed by atoms with Gasteiger partial charge >= 0.3 is 12.4 Å². The Labute approximate surface area is 244 Å². The molecule has 0 unspecified atom stereocenters. The molecule has 3 N–H and O–H groups in total. The molecule has 5 rings (SSSR count). The van der Waals surface area contributed by atoms with Crippen LogP contribution in [0.2, 0.25) is 0 Å². The van der Waals surface area contributed by atoms with Crippen LogP contribution in [0, 0.1) is 0 Å². The number of H-pyrrole nitrogens is 1. The minimum Gasteiger partial charge on any atom is -0.405 e. The first-order chi connectivity index (χ1) is 20.7. The van der Waals surface area contributed by atoms with Gasteiger partial charge in [0.25, 0.3) is 11.9 Å². The number of carbonyl (C=O) groups is 2. The topological polar surface area (TPSA) is 125 Å². The number of para-hydroxylation sites is 1. The van der Waals surface area contributed by atoms with E-state index in [1.807, 2.05) is 24.3 Å². The summed E-state index contributed by atoms with van der Waals surface area (Å²) in [5.74, 6) is -0.789. The Balaban J connectivity index is 1.34. The molecule has 1 heterocycles. The number of carbonyl (C=O) groups excluding carboxylic acids is 2. The maximum atomic E-state index is 13.5. The highest BCUT2D eigenvalue weighted by atomic mass is 19.4. The summed E-state index contributed by atoms with van der Waals surface area (Å²) in [7, 11) is 0. The number of ether oxygens (including phenoxy) is 1. The summed E-state index contributed by atoms with van der Waals surface area (Å²) in [4.78, 5) is 27.5. The van der Waals surface area contributed by atoms with Crippen molar-refractivity contribution in [1.82, 2.24) is 25.9 Å². The molecule has 0 fully saturated rings. The molecule has 0 saturated heterocycles. The van der Waals surface area contributed by atoms with Gasteiger partial charge in [0.2, 0.25) is 0 Å². The lowest BCUT2D eigenvalue weighted by Crippen LogP contribution is -2.39. The fraction of sp³-hybridized carbons (Fsp3) is 0.233. The number of rotatable bonds is 9. The van der Waals surface area contributed by atoms with Gasteiger partial charge in [-0.2, -0.15) is 5.21 Å². The predicted molar refractivity (Wildman–Crippen MR) is 153 cm³/mol. The van der Waals surface area contributed by atoms with Crippen LogP contribution in [0.4, 0.5) is 29.6 Å². The highest BCUT2D eigenvalue weighted by Gasteiger charge is 2.32. The second kappa shape index (κ2) is 13.2. The van der Waals surface area contributed by atoms with Crippen molar-refractivity contribution in [1.29, 1.82) is 0 Å².